The topological polar surface area (TPSA) is 515 Å². The van der Waals surface area contributed by atoms with E-state index in [0.717, 1.165) is 6.42 Å². The number of aliphatic imine (C=N–C) groups is 3. The number of ketones is 3. The molecule has 91 heavy (non-hydrogen) atoms. The van der Waals surface area contributed by atoms with Crippen molar-refractivity contribution in [3.05, 3.63) is 0 Å². The lowest BCUT2D eigenvalue weighted by molar-refractivity contribution is -0.137. The average molecular weight is 1300 g/mol. The van der Waals surface area contributed by atoms with Gasteiger partial charge in [0.05, 0.1) is 51.4 Å². The highest BCUT2D eigenvalue weighted by molar-refractivity contribution is 5.90. The maximum absolute atomic E-state index is 13.8. The van der Waals surface area contributed by atoms with E-state index in [9.17, 15) is 47.9 Å². The van der Waals surface area contributed by atoms with Gasteiger partial charge in [0.1, 0.15) is 5.78 Å². The summed E-state index contributed by atoms with van der Waals surface area (Å²) in [6.07, 6.45) is 8.53. The second-order valence-corrected chi connectivity index (χ2v) is 22.2. The SMILES string of the molecule is C.C.CCC(=O)N(CCNC(=O)CN(C[C@H](CCCCN=C(N)N)NCC(=O)CN(C[C@H](CCCCN=C(N)N)NC(=O)[C@@H](N)CCCCN)C(=O)CC)C(=O)CC)CC(=O)N[C@@H](CCCCN=C(N)N)CN(CC(=O)CN[C@@H](CCCCN)C(C)=O)C(=O)CC. The van der Waals surface area contributed by atoms with E-state index in [0.29, 0.717) is 123 Å². The van der Waals surface area contributed by atoms with E-state index < -0.39 is 48.6 Å². The van der Waals surface area contributed by atoms with Crippen LogP contribution < -0.4 is 78.2 Å². The number of hydrogen-bond acceptors (Lipinski definition) is 18. The first kappa shape index (κ1) is 88.1. The molecule has 526 valence electrons. The summed E-state index contributed by atoms with van der Waals surface area (Å²) in [5, 5.41) is 14.9. The fraction of sp³-hybridized carbons (Fsp3) is 0.783. The minimum absolute atomic E-state index is 0. The maximum atomic E-state index is 13.8. The van der Waals surface area contributed by atoms with Crippen LogP contribution in [-0.2, 0) is 47.9 Å². The molecule has 0 aromatic heterocycles. The molecule has 0 saturated heterocycles. The third-order valence-electron chi connectivity index (χ3n) is 14.4. The number of nitrogens with two attached hydrogens (primary N) is 9. The molecule has 0 aliphatic carbocycles. The molecule has 0 fully saturated rings. The summed E-state index contributed by atoms with van der Waals surface area (Å²) < 4.78 is 0. The summed E-state index contributed by atoms with van der Waals surface area (Å²) in [6.45, 7) is 8.08. The van der Waals surface area contributed by atoms with Crippen molar-refractivity contribution in [2.75, 3.05) is 105 Å². The van der Waals surface area contributed by atoms with Gasteiger partial charge in [-0.05, 0) is 103 Å². The van der Waals surface area contributed by atoms with Crippen LogP contribution in [0.3, 0.4) is 0 Å². The zero-order valence-electron chi connectivity index (χ0n) is 54.0. The highest BCUT2D eigenvalue weighted by atomic mass is 16.2. The largest absolute Gasteiger partial charge is 0.370 e. The predicted octanol–water partition coefficient (Wildman–Crippen LogP) is -2.14. The molecule has 0 aromatic rings. The van der Waals surface area contributed by atoms with Gasteiger partial charge in [-0.2, -0.15) is 0 Å². The van der Waals surface area contributed by atoms with Crippen molar-refractivity contribution in [1.82, 2.24) is 46.2 Å². The van der Waals surface area contributed by atoms with Gasteiger partial charge in [-0.3, -0.25) is 62.9 Å². The van der Waals surface area contributed by atoms with E-state index in [1.165, 1.54) is 26.5 Å². The summed E-state index contributed by atoms with van der Waals surface area (Å²) >= 11 is 0. The molecular weight excluding hydrogens is 1170 g/mol. The van der Waals surface area contributed by atoms with Crippen LogP contribution in [0.1, 0.15) is 171 Å². The van der Waals surface area contributed by atoms with E-state index in [-0.39, 0.29) is 171 Å². The van der Waals surface area contributed by atoms with Crippen LogP contribution in [0, 0.1) is 0 Å². The Morgan fingerprint density at radius 2 is 0.813 bits per heavy atom. The normalized spacial score (nSPS) is 12.4. The number of unbranched alkanes of at least 4 members (excludes halogenated alkanes) is 5. The van der Waals surface area contributed by atoms with Crippen LogP contribution in [-0.4, -0.2) is 231 Å². The molecule has 0 aliphatic rings. The Labute approximate surface area is 541 Å². The Morgan fingerprint density at radius 1 is 0.440 bits per heavy atom. The Kier molecular flexibility index (Phi) is 51.9. The van der Waals surface area contributed by atoms with Gasteiger partial charge in [-0.15, -0.1) is 0 Å². The van der Waals surface area contributed by atoms with E-state index in [4.69, 9.17) is 51.6 Å². The smallest absolute Gasteiger partial charge is 0.239 e. The first-order valence-electron chi connectivity index (χ1n) is 31.6. The Morgan fingerprint density at radius 3 is 1.24 bits per heavy atom. The number of nitrogens with one attached hydrogen (secondary N) is 5. The predicted molar refractivity (Wildman–Crippen MR) is 359 cm³/mol. The second kappa shape index (κ2) is 53.6. The standard InChI is InChI=1S/C58H113N21O10.2CH4/c1-6-51(85)76(40-50(84)74-43(21-13-18-28-70-57(64)65)35-77(52(86)7-2)38-46(82)33-73-48(41(5)80)24-11-16-26-60)31-30-68-49(83)39-79(54(88)9-4)34-42(20-12-17-27-69-56(62)63)72-32-45(81)37-78(53(87)8-3)36-44(22-14-19-29-71-58(66)67)75-55(89)47(61)23-10-15-25-59;;/h42-44,47-48,72-73H,6-40,59-61H2,1-5H3,(H,68,83)(H,74,84)(H,75,89)(H4,62,63,69)(H4,64,65,70)(H4,66,67,71);2*1H4/t42-,43-,44-,47-,48-;;/m0../s1. The number of hydrogen-bond donors (Lipinski definition) is 14. The van der Waals surface area contributed by atoms with Gasteiger partial charge in [0.2, 0.25) is 41.4 Å². The van der Waals surface area contributed by atoms with Gasteiger partial charge >= 0.3 is 0 Å². The first-order chi connectivity index (χ1) is 42.3. The van der Waals surface area contributed by atoms with Gasteiger partial charge in [-0.25, -0.2) is 0 Å². The summed E-state index contributed by atoms with van der Waals surface area (Å²) in [5.41, 5.74) is 50.5. The van der Waals surface area contributed by atoms with Crippen LogP contribution in [0.2, 0.25) is 0 Å². The molecule has 0 rings (SSSR count). The molecule has 0 unspecified atom stereocenters. The Hall–Kier alpha value is -7.09. The number of rotatable bonds is 54. The molecule has 7 amide bonds. The maximum Gasteiger partial charge on any atom is 0.239 e. The van der Waals surface area contributed by atoms with Crippen molar-refractivity contribution in [3.8, 4) is 0 Å². The number of carbonyl (C=O) groups excluding carboxylic acids is 10. The third-order valence-corrected chi connectivity index (χ3v) is 14.4. The van der Waals surface area contributed by atoms with E-state index in [2.05, 4.69) is 41.6 Å². The minimum Gasteiger partial charge on any atom is -0.370 e. The van der Waals surface area contributed by atoms with Gasteiger partial charge in [0, 0.05) is 96.2 Å². The molecule has 0 aliphatic heterocycles. The molecule has 0 radical (unpaired) electrons. The fourth-order valence-corrected chi connectivity index (χ4v) is 9.48. The van der Waals surface area contributed by atoms with Crippen LogP contribution >= 0.6 is 0 Å². The van der Waals surface area contributed by atoms with E-state index in [1.807, 2.05) is 0 Å². The lowest BCUT2D eigenvalue weighted by Gasteiger charge is -2.30. The molecule has 0 heterocycles. The monoisotopic (exact) mass is 1300 g/mol. The molecule has 0 aromatic carbocycles. The van der Waals surface area contributed by atoms with E-state index >= 15 is 0 Å². The zero-order valence-corrected chi connectivity index (χ0v) is 54.0. The molecule has 0 saturated carbocycles. The molecule has 0 bridgehead atoms. The van der Waals surface area contributed by atoms with Crippen LogP contribution in [0.4, 0.5) is 0 Å². The summed E-state index contributed by atoms with van der Waals surface area (Å²) in [5.74, 6) is -3.90. The van der Waals surface area contributed by atoms with Crippen molar-refractivity contribution in [1.29, 1.82) is 0 Å². The van der Waals surface area contributed by atoms with Crippen molar-refractivity contribution in [3.63, 3.8) is 0 Å². The Balaban J connectivity index is -0.0000387. The van der Waals surface area contributed by atoms with Crippen molar-refractivity contribution in [2.45, 2.75) is 202 Å². The lowest BCUT2D eigenvalue weighted by Crippen LogP contribution is -2.52. The minimum atomic E-state index is -0.801. The molecular formula is C60H121N21O10. The van der Waals surface area contributed by atoms with Gasteiger partial charge in [0.25, 0.3) is 0 Å². The quantitative estimate of drug-likeness (QED) is 0.0176. The van der Waals surface area contributed by atoms with Crippen LogP contribution in [0.25, 0.3) is 0 Å². The van der Waals surface area contributed by atoms with Crippen molar-refractivity contribution in [2.24, 2.45) is 66.6 Å². The molecule has 31 heteroatoms. The summed E-state index contributed by atoms with van der Waals surface area (Å²) in [6, 6.07) is -3.10. The first-order valence-corrected chi connectivity index (χ1v) is 31.6. The highest BCUT2D eigenvalue weighted by Gasteiger charge is 2.28. The molecule has 23 N–H and O–H groups in total. The van der Waals surface area contributed by atoms with Gasteiger partial charge in [0.15, 0.2) is 29.4 Å². The van der Waals surface area contributed by atoms with Crippen molar-refractivity contribution < 1.29 is 47.9 Å². The highest BCUT2D eigenvalue weighted by Crippen LogP contribution is 2.12. The number of amides is 7. The van der Waals surface area contributed by atoms with E-state index in [1.54, 1.807) is 27.7 Å². The second-order valence-electron chi connectivity index (χ2n) is 22.2. The van der Waals surface area contributed by atoms with Crippen LogP contribution in [0.5, 0.6) is 0 Å². The van der Waals surface area contributed by atoms with Gasteiger partial charge in [-0.1, -0.05) is 55.4 Å². The van der Waals surface area contributed by atoms with Crippen molar-refractivity contribution >= 4 is 76.6 Å². The summed E-state index contributed by atoms with van der Waals surface area (Å²) in [7, 11) is 0. The molecule has 5 atom stereocenters. The van der Waals surface area contributed by atoms with Crippen LogP contribution in [0.15, 0.2) is 15.0 Å². The number of carbonyl (C=O) groups is 10. The summed E-state index contributed by atoms with van der Waals surface area (Å²) in [4.78, 5) is 151. The number of Topliss-reactive ketones (excluding diaryl/α,β-unsaturated/α-hetero) is 3. The lowest BCUT2D eigenvalue weighted by atomic mass is 10.1. The average Bonchev–Trinajstić information content (AvgIpc) is 2.24. The third kappa shape index (κ3) is 44.1. The van der Waals surface area contributed by atoms with Gasteiger partial charge < -0.3 is 97.8 Å². The number of guanidine groups is 3. The Bertz CT molecular complexity index is 2230. The zero-order chi connectivity index (χ0) is 67.1. The molecule has 0 spiro atoms. The number of nitrogens with zero attached hydrogens (tertiary/aromatic N) is 7. The fourth-order valence-electron chi connectivity index (χ4n) is 9.48. The molecule has 31 nitrogen and oxygen atoms in total.